The van der Waals surface area contributed by atoms with Crippen LogP contribution in [0, 0.1) is 5.92 Å². The van der Waals surface area contributed by atoms with E-state index in [4.69, 9.17) is 9.88 Å². The third kappa shape index (κ3) is 4.84. The minimum absolute atomic E-state index is 0.0325. The minimum Gasteiger partial charge on any atom is -0.462 e. The van der Waals surface area contributed by atoms with Gasteiger partial charge in [0.25, 0.3) is 5.91 Å². The van der Waals surface area contributed by atoms with Crippen molar-refractivity contribution in [1.82, 2.24) is 0 Å². The molecule has 1 atom stereocenters. The van der Waals surface area contributed by atoms with Crippen molar-refractivity contribution in [2.45, 2.75) is 11.8 Å². The fourth-order valence-corrected chi connectivity index (χ4v) is 3.22. The summed E-state index contributed by atoms with van der Waals surface area (Å²) in [5.41, 5.74) is 2.09. The molecule has 1 aliphatic heterocycles. The number of primary sulfonamides is 1. The molecule has 158 valence electrons. The molecule has 2 aromatic rings. The van der Waals surface area contributed by atoms with Crippen LogP contribution in [0.4, 0.5) is 15.8 Å². The van der Waals surface area contributed by atoms with Gasteiger partial charge in [-0.2, -0.15) is 0 Å². The van der Waals surface area contributed by atoms with Gasteiger partial charge >= 0.3 is 5.97 Å². The summed E-state index contributed by atoms with van der Waals surface area (Å²) in [6, 6.07) is 10.3. The summed E-state index contributed by atoms with van der Waals surface area (Å²) >= 11 is 0. The number of fused-ring (bicyclic) bond motifs is 1. The monoisotopic (exact) mass is 433 g/mol. The molecule has 30 heavy (non-hydrogen) atoms. The van der Waals surface area contributed by atoms with E-state index in [9.17, 15) is 22.4 Å². The number of nitrogens with two attached hydrogens (primary N) is 1. The highest BCUT2D eigenvalue weighted by Gasteiger charge is 2.25. The summed E-state index contributed by atoms with van der Waals surface area (Å²) in [6.45, 7) is 0.996. The highest BCUT2D eigenvalue weighted by Crippen LogP contribution is 2.32. The number of rotatable bonds is 7. The molecule has 0 aliphatic carbocycles. The number of nitrogens with one attached hydrogen (secondary N) is 2. The maximum absolute atomic E-state index is 12.5. The number of halogens is 1. The zero-order chi connectivity index (χ0) is 21.9. The summed E-state index contributed by atoms with van der Waals surface area (Å²) in [5, 5.41) is 10.7. The minimum atomic E-state index is -3.80. The summed E-state index contributed by atoms with van der Waals surface area (Å²) < 4.78 is 40.3. The van der Waals surface area contributed by atoms with Gasteiger partial charge in [0, 0.05) is 29.1 Å². The Kier molecular flexibility index (Phi) is 6.18. The number of carbonyl (C=O) groups excluding carboxylic acids is 2. The number of hydrogen-bond acceptors (Lipinski definition) is 6. The highest BCUT2D eigenvalue weighted by atomic mass is 32.2. The number of amides is 1. The number of hydrogen-bond donors (Lipinski definition) is 3. The smallest absolute Gasteiger partial charge is 0.338 e. The molecular formula is C20H20FN3O5S. The Morgan fingerprint density at radius 2 is 1.97 bits per heavy atom. The lowest BCUT2D eigenvalue weighted by Crippen LogP contribution is -2.13. The SMILES string of the molecule is CC(CF)COC(=O)c1ccc2c(c1)/C(=C/Nc1ccc(S(N)(=O)=O)cc1)C(=O)N2. The summed E-state index contributed by atoms with van der Waals surface area (Å²) in [5.74, 6) is -1.37. The van der Waals surface area contributed by atoms with Gasteiger partial charge in [0.05, 0.1) is 29.3 Å². The van der Waals surface area contributed by atoms with E-state index >= 15 is 0 Å². The Morgan fingerprint density at radius 3 is 2.60 bits per heavy atom. The number of alkyl halides is 1. The number of sulfonamides is 1. The Bertz CT molecular complexity index is 1110. The van der Waals surface area contributed by atoms with Crippen LogP contribution in [0.3, 0.4) is 0 Å². The first-order valence-electron chi connectivity index (χ1n) is 8.97. The Morgan fingerprint density at radius 1 is 1.27 bits per heavy atom. The van der Waals surface area contributed by atoms with Crippen molar-refractivity contribution in [3.8, 4) is 0 Å². The summed E-state index contributed by atoms with van der Waals surface area (Å²) in [4.78, 5) is 24.5. The van der Waals surface area contributed by atoms with Gasteiger partial charge in [-0.05, 0) is 42.5 Å². The quantitative estimate of drug-likeness (QED) is 0.455. The average Bonchev–Trinajstić information content (AvgIpc) is 3.03. The van der Waals surface area contributed by atoms with Crippen LogP contribution in [0.25, 0.3) is 5.57 Å². The second kappa shape index (κ2) is 8.64. The lowest BCUT2D eigenvalue weighted by atomic mass is 10.0. The lowest BCUT2D eigenvalue weighted by molar-refractivity contribution is -0.110. The molecule has 10 heteroatoms. The van der Waals surface area contributed by atoms with Gasteiger partial charge in [0.1, 0.15) is 0 Å². The van der Waals surface area contributed by atoms with Crippen LogP contribution < -0.4 is 15.8 Å². The fraction of sp³-hybridized carbons (Fsp3) is 0.200. The average molecular weight is 433 g/mol. The van der Waals surface area contributed by atoms with Crippen LogP contribution in [0.2, 0.25) is 0 Å². The molecule has 4 N–H and O–H groups in total. The van der Waals surface area contributed by atoms with Crippen molar-refractivity contribution in [2.75, 3.05) is 23.9 Å². The molecule has 1 amide bonds. The normalized spacial score (nSPS) is 15.4. The summed E-state index contributed by atoms with van der Waals surface area (Å²) in [6.07, 6.45) is 1.45. The number of carbonyl (C=O) groups is 2. The maximum atomic E-state index is 12.5. The van der Waals surface area contributed by atoms with Gasteiger partial charge in [-0.15, -0.1) is 0 Å². The molecule has 1 heterocycles. The standard InChI is InChI=1S/C20H20FN3O5S/c1-12(9-21)11-29-20(26)13-2-7-18-16(8-13)17(19(25)24-18)10-23-14-3-5-15(6-4-14)30(22,27)28/h2-8,10,12,23H,9,11H2,1H3,(H,24,25)(H2,22,27,28)/b17-10-. The number of benzene rings is 2. The highest BCUT2D eigenvalue weighted by molar-refractivity contribution is 7.89. The molecule has 0 saturated heterocycles. The fourth-order valence-electron chi connectivity index (χ4n) is 2.70. The Balaban J connectivity index is 1.79. The molecule has 2 aromatic carbocycles. The molecule has 0 radical (unpaired) electrons. The van der Waals surface area contributed by atoms with Gasteiger partial charge in [-0.1, -0.05) is 6.92 Å². The van der Waals surface area contributed by atoms with E-state index in [0.29, 0.717) is 16.9 Å². The lowest BCUT2D eigenvalue weighted by Gasteiger charge is -2.09. The van der Waals surface area contributed by atoms with Crippen molar-refractivity contribution >= 4 is 38.8 Å². The van der Waals surface area contributed by atoms with Crippen LogP contribution in [0.1, 0.15) is 22.8 Å². The van der Waals surface area contributed by atoms with E-state index in [1.54, 1.807) is 13.0 Å². The van der Waals surface area contributed by atoms with Crippen LogP contribution >= 0.6 is 0 Å². The molecule has 1 unspecified atom stereocenters. The first-order chi connectivity index (χ1) is 14.2. The number of anilines is 2. The van der Waals surface area contributed by atoms with E-state index in [2.05, 4.69) is 10.6 Å². The van der Waals surface area contributed by atoms with E-state index in [-0.39, 0.29) is 28.5 Å². The van der Waals surface area contributed by atoms with Crippen LogP contribution in [-0.2, 0) is 19.6 Å². The maximum Gasteiger partial charge on any atom is 0.338 e. The zero-order valence-electron chi connectivity index (χ0n) is 16.0. The first kappa shape index (κ1) is 21.5. The topological polar surface area (TPSA) is 128 Å². The molecular weight excluding hydrogens is 413 g/mol. The van der Waals surface area contributed by atoms with Gasteiger partial charge in [0.15, 0.2) is 0 Å². The van der Waals surface area contributed by atoms with Gasteiger partial charge in [-0.3, -0.25) is 9.18 Å². The van der Waals surface area contributed by atoms with E-state index in [0.717, 1.165) is 0 Å². The predicted molar refractivity (Wildman–Crippen MR) is 110 cm³/mol. The predicted octanol–water partition coefficient (Wildman–Crippen LogP) is 2.50. The van der Waals surface area contributed by atoms with Crippen molar-refractivity contribution in [2.24, 2.45) is 11.1 Å². The second-order valence-electron chi connectivity index (χ2n) is 6.84. The molecule has 3 rings (SSSR count). The van der Waals surface area contributed by atoms with Gasteiger partial charge in [0.2, 0.25) is 10.0 Å². The largest absolute Gasteiger partial charge is 0.462 e. The molecule has 0 saturated carbocycles. The van der Waals surface area contributed by atoms with Crippen LogP contribution in [0.5, 0.6) is 0 Å². The van der Waals surface area contributed by atoms with Crippen LogP contribution in [-0.4, -0.2) is 33.6 Å². The zero-order valence-corrected chi connectivity index (χ0v) is 16.8. The van der Waals surface area contributed by atoms with Crippen molar-refractivity contribution in [3.05, 3.63) is 59.8 Å². The Hall–Kier alpha value is -3.24. The van der Waals surface area contributed by atoms with E-state index < -0.39 is 28.6 Å². The second-order valence-corrected chi connectivity index (χ2v) is 8.41. The molecule has 0 aromatic heterocycles. The number of ether oxygens (including phenoxy) is 1. The van der Waals surface area contributed by atoms with Gasteiger partial charge < -0.3 is 15.4 Å². The molecule has 0 spiro atoms. The van der Waals surface area contributed by atoms with Crippen LogP contribution in [0.15, 0.2) is 53.6 Å². The molecule has 0 bridgehead atoms. The first-order valence-corrected chi connectivity index (χ1v) is 10.5. The molecule has 0 fully saturated rings. The third-order valence-electron chi connectivity index (χ3n) is 4.37. The van der Waals surface area contributed by atoms with Crippen molar-refractivity contribution in [3.63, 3.8) is 0 Å². The summed E-state index contributed by atoms with van der Waals surface area (Å²) in [7, 11) is -3.80. The molecule has 8 nitrogen and oxygen atoms in total. The van der Waals surface area contributed by atoms with Crippen molar-refractivity contribution in [1.29, 1.82) is 0 Å². The van der Waals surface area contributed by atoms with Gasteiger partial charge in [-0.25, -0.2) is 18.4 Å². The van der Waals surface area contributed by atoms with E-state index in [1.165, 1.54) is 42.6 Å². The number of esters is 1. The van der Waals surface area contributed by atoms with Crippen molar-refractivity contribution < 1.29 is 27.1 Å². The molecule has 1 aliphatic rings. The third-order valence-corrected chi connectivity index (χ3v) is 5.30. The van der Waals surface area contributed by atoms with E-state index in [1.807, 2.05) is 0 Å². The Labute approximate surface area is 173 Å².